The smallest absolute Gasteiger partial charge is 0.201 e. The van der Waals surface area contributed by atoms with Crippen molar-refractivity contribution in [2.75, 3.05) is 6.61 Å². The second-order valence-corrected chi connectivity index (χ2v) is 8.73. The average Bonchev–Trinajstić information content (AvgIpc) is 2.95. The number of rotatable bonds is 7. The predicted molar refractivity (Wildman–Crippen MR) is 146 cm³/mol. The van der Waals surface area contributed by atoms with Gasteiger partial charge in [0.1, 0.15) is 6.61 Å². The lowest BCUT2D eigenvalue weighted by atomic mass is 9.95. The molecule has 0 bridgehead atoms. The highest BCUT2D eigenvalue weighted by Crippen LogP contribution is 2.35. The normalized spacial score (nSPS) is 10.9. The van der Waals surface area contributed by atoms with E-state index in [9.17, 15) is 8.78 Å². The molecule has 0 aromatic heterocycles. The lowest BCUT2D eigenvalue weighted by molar-refractivity contribution is 0.333. The molecule has 188 valence electrons. The summed E-state index contributed by atoms with van der Waals surface area (Å²) in [5.41, 5.74) is 2.55. The monoisotopic (exact) mass is 510 g/mol. The van der Waals surface area contributed by atoms with E-state index in [-0.39, 0.29) is 29.0 Å². The van der Waals surface area contributed by atoms with Crippen LogP contribution in [0, 0.1) is 23.3 Å². The molecule has 0 saturated carbocycles. The first kappa shape index (κ1) is 25.0. The molecule has 0 amide bonds. The van der Waals surface area contributed by atoms with Crippen molar-refractivity contribution in [3.8, 4) is 39.1 Å². The van der Waals surface area contributed by atoms with E-state index in [2.05, 4.69) is 13.2 Å². The Hall–Kier alpha value is -4.64. The molecule has 5 aromatic carbocycles. The molecule has 0 atom stereocenters. The van der Waals surface area contributed by atoms with Crippen molar-refractivity contribution in [3.63, 3.8) is 0 Å². The molecule has 0 saturated heterocycles. The Morgan fingerprint density at radius 1 is 0.553 bits per heavy atom. The largest absolute Gasteiger partial charge is 0.486 e. The molecule has 0 N–H and O–H groups in total. The van der Waals surface area contributed by atoms with Gasteiger partial charge in [0.2, 0.25) is 5.82 Å². The molecule has 38 heavy (non-hydrogen) atoms. The van der Waals surface area contributed by atoms with Gasteiger partial charge in [-0.1, -0.05) is 86.0 Å². The highest BCUT2D eigenvalue weighted by Gasteiger charge is 2.18. The molecule has 1 nitrogen and oxygen atoms in total. The van der Waals surface area contributed by atoms with Crippen LogP contribution in [0.4, 0.5) is 17.6 Å². The van der Waals surface area contributed by atoms with Gasteiger partial charge in [0, 0.05) is 16.7 Å². The Bertz CT molecular complexity index is 1690. The van der Waals surface area contributed by atoms with Crippen LogP contribution < -0.4 is 4.74 Å². The van der Waals surface area contributed by atoms with E-state index in [1.807, 2.05) is 30.3 Å². The number of halogens is 4. The van der Waals surface area contributed by atoms with Crippen molar-refractivity contribution in [3.05, 3.63) is 133 Å². The topological polar surface area (TPSA) is 9.23 Å². The molecule has 0 heterocycles. The van der Waals surface area contributed by atoms with Crippen molar-refractivity contribution in [2.45, 2.75) is 0 Å². The lowest BCUT2D eigenvalue weighted by Crippen LogP contribution is -1.99. The number of hydrogen-bond acceptors (Lipinski definition) is 1. The highest BCUT2D eigenvalue weighted by atomic mass is 19.2. The molecular weight excluding hydrogens is 488 g/mol. The van der Waals surface area contributed by atoms with Gasteiger partial charge in [-0.3, -0.25) is 0 Å². The summed E-state index contributed by atoms with van der Waals surface area (Å²) in [5, 5.41) is 1.87. The molecule has 5 rings (SSSR count). The van der Waals surface area contributed by atoms with Crippen LogP contribution in [0.25, 0.3) is 50.2 Å². The van der Waals surface area contributed by atoms with E-state index in [1.54, 1.807) is 24.3 Å². The minimum Gasteiger partial charge on any atom is -0.486 e. The third kappa shape index (κ3) is 4.59. The summed E-state index contributed by atoms with van der Waals surface area (Å²) in [4.78, 5) is 0. The molecule has 0 aliphatic carbocycles. The number of benzene rings is 5. The fraction of sp³-hybridized carbons (Fsp3) is 0.0303. The second kappa shape index (κ2) is 10.4. The van der Waals surface area contributed by atoms with Crippen molar-refractivity contribution < 1.29 is 22.3 Å². The first-order chi connectivity index (χ1) is 18.4. The Balaban J connectivity index is 1.45. The van der Waals surface area contributed by atoms with Crippen LogP contribution in [0.1, 0.15) is 5.56 Å². The van der Waals surface area contributed by atoms with Crippen molar-refractivity contribution in [2.24, 2.45) is 0 Å². The van der Waals surface area contributed by atoms with Crippen LogP contribution in [-0.4, -0.2) is 6.61 Å². The average molecular weight is 511 g/mol. The third-order valence-electron chi connectivity index (χ3n) is 6.40. The van der Waals surface area contributed by atoms with Gasteiger partial charge in [-0.05, 0) is 57.3 Å². The summed E-state index contributed by atoms with van der Waals surface area (Å²) in [7, 11) is 0. The van der Waals surface area contributed by atoms with E-state index >= 15 is 8.78 Å². The van der Waals surface area contributed by atoms with Gasteiger partial charge in [-0.25, -0.2) is 13.2 Å². The van der Waals surface area contributed by atoms with Crippen LogP contribution in [-0.2, 0) is 0 Å². The van der Waals surface area contributed by atoms with Gasteiger partial charge in [-0.2, -0.15) is 4.39 Å². The summed E-state index contributed by atoms with van der Waals surface area (Å²) in [6, 6.07) is 23.2. The zero-order valence-electron chi connectivity index (χ0n) is 20.3. The predicted octanol–water partition coefficient (Wildman–Crippen LogP) is 9.60. The van der Waals surface area contributed by atoms with E-state index in [0.29, 0.717) is 16.7 Å². The summed E-state index contributed by atoms with van der Waals surface area (Å²) >= 11 is 0. The fourth-order valence-corrected chi connectivity index (χ4v) is 4.40. The summed E-state index contributed by atoms with van der Waals surface area (Å²) in [6.07, 6.45) is 3.18. The van der Waals surface area contributed by atoms with Gasteiger partial charge in [0.05, 0.1) is 0 Å². The summed E-state index contributed by atoms with van der Waals surface area (Å²) in [6.45, 7) is 7.29. The van der Waals surface area contributed by atoms with Crippen molar-refractivity contribution >= 4 is 16.8 Å². The molecule has 5 heteroatoms. The third-order valence-corrected chi connectivity index (χ3v) is 6.40. The van der Waals surface area contributed by atoms with E-state index in [4.69, 9.17) is 4.74 Å². The summed E-state index contributed by atoms with van der Waals surface area (Å²) < 4.78 is 64.6. The Morgan fingerprint density at radius 3 is 1.66 bits per heavy atom. The van der Waals surface area contributed by atoms with Crippen LogP contribution in [0.3, 0.4) is 0 Å². The molecule has 0 aliphatic rings. The second-order valence-electron chi connectivity index (χ2n) is 8.73. The number of hydrogen-bond donors (Lipinski definition) is 0. The highest BCUT2D eigenvalue weighted by molar-refractivity contribution is 5.89. The van der Waals surface area contributed by atoms with Gasteiger partial charge in [0.15, 0.2) is 23.2 Å². The summed E-state index contributed by atoms with van der Waals surface area (Å²) in [5.74, 6) is -4.33. The first-order valence-corrected chi connectivity index (χ1v) is 11.9. The van der Waals surface area contributed by atoms with Crippen LogP contribution in [0.5, 0.6) is 5.75 Å². The lowest BCUT2D eigenvalue weighted by Gasteiger charge is -2.12. The van der Waals surface area contributed by atoms with E-state index < -0.39 is 23.3 Å². The molecular formula is C33H22F4O. The Labute approximate surface area is 218 Å². The Kier molecular flexibility index (Phi) is 6.84. The quantitative estimate of drug-likeness (QED) is 0.156. The molecule has 0 unspecified atom stereocenters. The number of ether oxygens (including phenoxy) is 1. The molecule has 5 aromatic rings. The molecule has 0 fully saturated rings. The maximum Gasteiger partial charge on any atom is 0.201 e. The van der Waals surface area contributed by atoms with Gasteiger partial charge in [-0.15, -0.1) is 0 Å². The van der Waals surface area contributed by atoms with Crippen LogP contribution >= 0.6 is 0 Å². The SMILES string of the molecule is C=CCOc1ccc(-c2ccc(-c3ccc(-c4ccc5cc(C=C)ccc5c4)c(F)c3F)cc2)c(F)c1F. The van der Waals surface area contributed by atoms with Gasteiger partial charge >= 0.3 is 0 Å². The first-order valence-electron chi connectivity index (χ1n) is 11.9. The number of fused-ring (bicyclic) bond motifs is 1. The Morgan fingerprint density at radius 2 is 1.05 bits per heavy atom. The maximum absolute atomic E-state index is 15.2. The maximum atomic E-state index is 15.2. The molecule has 0 radical (unpaired) electrons. The zero-order chi connectivity index (χ0) is 26.8. The van der Waals surface area contributed by atoms with Gasteiger partial charge < -0.3 is 4.74 Å². The minimum atomic E-state index is -1.10. The van der Waals surface area contributed by atoms with Crippen molar-refractivity contribution in [1.82, 2.24) is 0 Å². The molecule has 0 spiro atoms. The van der Waals surface area contributed by atoms with Crippen molar-refractivity contribution in [1.29, 1.82) is 0 Å². The van der Waals surface area contributed by atoms with Crippen LogP contribution in [0.15, 0.2) is 104 Å². The van der Waals surface area contributed by atoms with E-state index in [0.717, 1.165) is 16.3 Å². The van der Waals surface area contributed by atoms with E-state index in [1.165, 1.54) is 42.5 Å². The van der Waals surface area contributed by atoms with Gasteiger partial charge in [0.25, 0.3) is 0 Å². The standard InChI is InChI=1S/C33H22F4O/c1-3-17-38-29-16-15-27(32(36)33(29)37)22-9-7-21(8-10-22)26-13-14-28(31(35)30(26)34)25-12-11-23-18-20(4-2)5-6-24(23)19-25/h3-16,18-19H,1-2,17H2. The molecule has 0 aliphatic heterocycles. The fourth-order valence-electron chi connectivity index (χ4n) is 4.40. The minimum absolute atomic E-state index is 0.0264. The zero-order valence-corrected chi connectivity index (χ0v) is 20.3. The van der Waals surface area contributed by atoms with Crippen LogP contribution in [0.2, 0.25) is 0 Å².